The molecule has 1 N–H and O–H groups in total. The molecule has 0 amide bonds. The first-order valence-corrected chi connectivity index (χ1v) is 6.51. The number of imidazole rings is 1. The van der Waals surface area contributed by atoms with Gasteiger partial charge >= 0.3 is 0 Å². The second-order valence-corrected chi connectivity index (χ2v) is 4.64. The number of phenolic OH excluding ortho intramolecular Hbond substituents is 1. The van der Waals surface area contributed by atoms with Crippen molar-refractivity contribution in [3.05, 3.63) is 48.0 Å². The maximum Gasteiger partial charge on any atom is 0.115 e. The van der Waals surface area contributed by atoms with E-state index in [4.69, 9.17) is 0 Å². The van der Waals surface area contributed by atoms with Crippen molar-refractivity contribution >= 4 is 0 Å². The van der Waals surface area contributed by atoms with Crippen LogP contribution in [-0.4, -0.2) is 14.7 Å². The van der Waals surface area contributed by atoms with Crippen LogP contribution in [0.2, 0.25) is 0 Å². The smallest absolute Gasteiger partial charge is 0.115 e. The number of nitrogens with zero attached hydrogens (tertiary/aromatic N) is 2. The van der Waals surface area contributed by atoms with Crippen molar-refractivity contribution in [1.29, 1.82) is 0 Å². The molecule has 0 fully saturated rings. The number of hydrogen-bond donors (Lipinski definition) is 1. The highest BCUT2D eigenvalue weighted by Gasteiger charge is 1.97. The van der Waals surface area contributed by atoms with E-state index >= 15 is 0 Å². The highest BCUT2D eigenvalue weighted by atomic mass is 16.3. The van der Waals surface area contributed by atoms with Gasteiger partial charge in [0.2, 0.25) is 0 Å². The van der Waals surface area contributed by atoms with Crippen LogP contribution in [-0.2, 0) is 13.0 Å². The van der Waals surface area contributed by atoms with Crippen molar-refractivity contribution in [1.82, 2.24) is 9.55 Å². The fourth-order valence-corrected chi connectivity index (χ4v) is 2.09. The molecule has 96 valence electrons. The van der Waals surface area contributed by atoms with Crippen molar-refractivity contribution in [2.24, 2.45) is 0 Å². The molecule has 3 heteroatoms. The Labute approximate surface area is 108 Å². The molecule has 3 nitrogen and oxygen atoms in total. The Morgan fingerprint density at radius 1 is 1.11 bits per heavy atom. The van der Waals surface area contributed by atoms with E-state index in [0.717, 1.165) is 18.8 Å². The van der Waals surface area contributed by atoms with Crippen molar-refractivity contribution in [3.63, 3.8) is 0 Å². The van der Waals surface area contributed by atoms with Crippen LogP contribution in [0.15, 0.2) is 36.7 Å². The molecular formula is C15H20N2O. The summed E-state index contributed by atoms with van der Waals surface area (Å²) in [6.07, 6.45) is 8.58. The number of hydrogen-bond acceptors (Lipinski definition) is 2. The normalized spacial score (nSPS) is 10.7. The third kappa shape index (κ3) is 3.62. The highest BCUT2D eigenvalue weighted by molar-refractivity contribution is 5.25. The Morgan fingerprint density at radius 2 is 1.89 bits per heavy atom. The number of rotatable bonds is 6. The summed E-state index contributed by atoms with van der Waals surface area (Å²) in [4.78, 5) is 4.21. The molecule has 18 heavy (non-hydrogen) atoms. The van der Waals surface area contributed by atoms with E-state index in [1.165, 1.54) is 24.8 Å². The molecule has 1 heterocycles. The van der Waals surface area contributed by atoms with Gasteiger partial charge in [-0.2, -0.15) is 0 Å². The van der Waals surface area contributed by atoms with Crippen molar-refractivity contribution < 1.29 is 5.11 Å². The molecule has 0 aliphatic heterocycles. The fourth-order valence-electron chi connectivity index (χ4n) is 2.09. The predicted molar refractivity (Wildman–Crippen MR) is 72.6 cm³/mol. The average Bonchev–Trinajstić information content (AvgIpc) is 2.77. The fraction of sp³-hybridized carbons (Fsp3) is 0.400. The summed E-state index contributed by atoms with van der Waals surface area (Å²) in [5.41, 5.74) is 1.30. The van der Waals surface area contributed by atoms with Gasteiger partial charge in [0.05, 0.1) is 0 Å². The largest absolute Gasteiger partial charge is 0.508 e. The zero-order chi connectivity index (χ0) is 12.8. The molecule has 0 saturated heterocycles. The molecule has 0 spiro atoms. The van der Waals surface area contributed by atoms with Gasteiger partial charge in [-0.15, -0.1) is 0 Å². The van der Waals surface area contributed by atoms with E-state index in [-0.39, 0.29) is 0 Å². The summed E-state index contributed by atoms with van der Waals surface area (Å²) in [6, 6.07) is 7.50. The van der Waals surface area contributed by atoms with Crippen LogP contribution < -0.4 is 0 Å². The van der Waals surface area contributed by atoms with E-state index < -0.39 is 0 Å². The average molecular weight is 244 g/mol. The maximum atomic E-state index is 9.19. The minimum Gasteiger partial charge on any atom is -0.508 e. The zero-order valence-electron chi connectivity index (χ0n) is 10.8. The summed E-state index contributed by atoms with van der Waals surface area (Å²) in [6.45, 7) is 3.10. The molecule has 2 rings (SSSR count). The van der Waals surface area contributed by atoms with Crippen molar-refractivity contribution in [3.8, 4) is 5.75 Å². The third-order valence-electron chi connectivity index (χ3n) is 3.22. The van der Waals surface area contributed by atoms with Crippen LogP contribution in [0, 0.1) is 6.92 Å². The Hall–Kier alpha value is -1.77. The Kier molecular flexibility index (Phi) is 4.40. The summed E-state index contributed by atoms with van der Waals surface area (Å²) in [5, 5.41) is 9.19. The lowest BCUT2D eigenvalue weighted by molar-refractivity contribution is 0.475. The van der Waals surface area contributed by atoms with Gasteiger partial charge in [-0.1, -0.05) is 18.6 Å². The monoisotopic (exact) mass is 244 g/mol. The zero-order valence-corrected chi connectivity index (χ0v) is 10.8. The third-order valence-corrected chi connectivity index (χ3v) is 3.22. The van der Waals surface area contributed by atoms with Gasteiger partial charge < -0.3 is 9.67 Å². The predicted octanol–water partition coefficient (Wildman–Crippen LogP) is 3.31. The standard InChI is InChI=1S/C15H20N2O/c1-13-16-10-12-17(13)11-4-2-3-5-14-6-8-15(18)9-7-14/h6-10,12,18H,2-5,11H2,1H3. The molecule has 0 aliphatic rings. The second-order valence-electron chi connectivity index (χ2n) is 4.64. The number of benzene rings is 1. The first-order valence-electron chi connectivity index (χ1n) is 6.51. The van der Waals surface area contributed by atoms with Gasteiger partial charge in [-0.05, 0) is 43.9 Å². The molecule has 0 bridgehead atoms. The van der Waals surface area contributed by atoms with Crippen molar-refractivity contribution in [2.45, 2.75) is 39.2 Å². The molecular weight excluding hydrogens is 224 g/mol. The van der Waals surface area contributed by atoms with Gasteiger partial charge in [-0.25, -0.2) is 4.98 Å². The topological polar surface area (TPSA) is 38.0 Å². The quantitative estimate of drug-likeness (QED) is 0.792. The van der Waals surface area contributed by atoms with E-state index in [2.05, 4.69) is 9.55 Å². The van der Waals surface area contributed by atoms with E-state index in [9.17, 15) is 5.11 Å². The minimum atomic E-state index is 0.342. The van der Waals surface area contributed by atoms with E-state index in [1.807, 2.05) is 31.5 Å². The maximum absolute atomic E-state index is 9.19. The van der Waals surface area contributed by atoms with Gasteiger partial charge in [-0.3, -0.25) is 0 Å². The number of aromatic nitrogens is 2. The van der Waals surface area contributed by atoms with Crippen molar-refractivity contribution in [2.75, 3.05) is 0 Å². The Balaban J connectivity index is 1.64. The molecule has 2 aromatic rings. The molecule has 1 aromatic carbocycles. The molecule has 0 atom stereocenters. The lowest BCUT2D eigenvalue weighted by atomic mass is 10.1. The van der Waals surface area contributed by atoms with Gasteiger partial charge in [0, 0.05) is 18.9 Å². The van der Waals surface area contributed by atoms with E-state index in [1.54, 1.807) is 12.1 Å². The number of phenols is 1. The second kappa shape index (κ2) is 6.24. The molecule has 0 aliphatic carbocycles. The first kappa shape index (κ1) is 12.7. The van der Waals surface area contributed by atoms with Crippen LogP contribution in [0.25, 0.3) is 0 Å². The van der Waals surface area contributed by atoms with Gasteiger partial charge in [0.1, 0.15) is 11.6 Å². The number of aromatic hydroxyl groups is 1. The Morgan fingerprint density at radius 3 is 2.56 bits per heavy atom. The van der Waals surface area contributed by atoms with Gasteiger partial charge in [0.25, 0.3) is 0 Å². The molecule has 0 saturated carbocycles. The summed E-state index contributed by atoms with van der Waals surface area (Å²) in [7, 11) is 0. The summed E-state index contributed by atoms with van der Waals surface area (Å²) >= 11 is 0. The van der Waals surface area contributed by atoms with E-state index in [0.29, 0.717) is 5.75 Å². The van der Waals surface area contributed by atoms with Crippen LogP contribution in [0.5, 0.6) is 5.75 Å². The van der Waals surface area contributed by atoms with Crippen LogP contribution in [0.3, 0.4) is 0 Å². The van der Waals surface area contributed by atoms with Crippen LogP contribution in [0.1, 0.15) is 30.7 Å². The van der Waals surface area contributed by atoms with Crippen LogP contribution >= 0.6 is 0 Å². The SMILES string of the molecule is Cc1nccn1CCCCCc1ccc(O)cc1. The molecule has 0 radical (unpaired) electrons. The molecule has 1 aromatic heterocycles. The summed E-state index contributed by atoms with van der Waals surface area (Å²) in [5.74, 6) is 1.43. The minimum absolute atomic E-state index is 0.342. The summed E-state index contributed by atoms with van der Waals surface area (Å²) < 4.78 is 2.19. The van der Waals surface area contributed by atoms with Crippen LogP contribution in [0.4, 0.5) is 0 Å². The Bertz CT molecular complexity index is 473. The lowest BCUT2D eigenvalue weighted by Crippen LogP contribution is -1.99. The highest BCUT2D eigenvalue weighted by Crippen LogP contribution is 2.12. The van der Waals surface area contributed by atoms with Gasteiger partial charge in [0.15, 0.2) is 0 Å². The molecule has 0 unspecified atom stereocenters. The number of unbranched alkanes of at least 4 members (excludes halogenated alkanes) is 2. The first-order chi connectivity index (χ1) is 8.75. The number of aryl methyl sites for hydroxylation is 3. The lowest BCUT2D eigenvalue weighted by Gasteiger charge is -2.05.